The van der Waals surface area contributed by atoms with Crippen molar-refractivity contribution < 1.29 is 0 Å². The van der Waals surface area contributed by atoms with Gasteiger partial charge in [0, 0.05) is 28.8 Å². The Bertz CT molecular complexity index is 372. The Morgan fingerprint density at radius 3 is 2.92 bits per heavy atom. The molecule has 0 fully saturated rings. The van der Waals surface area contributed by atoms with Gasteiger partial charge in [0.25, 0.3) is 0 Å². The second-order valence-corrected chi connectivity index (χ2v) is 4.10. The van der Waals surface area contributed by atoms with E-state index in [0.29, 0.717) is 0 Å². The Labute approximate surface area is 87.8 Å². The Kier molecular flexibility index (Phi) is 2.36. The molecule has 0 saturated heterocycles. The van der Waals surface area contributed by atoms with Gasteiger partial charge in [0.2, 0.25) is 0 Å². The average molecular weight is 288 g/mol. The predicted molar refractivity (Wildman–Crippen MR) is 58.1 cm³/mol. The monoisotopic (exact) mass is 288 g/mol. The maximum Gasteiger partial charge on any atom is 0.191 e. The lowest BCUT2D eigenvalue weighted by molar-refractivity contribution is 1.11. The van der Waals surface area contributed by atoms with E-state index in [9.17, 15) is 0 Å². The number of thiophene rings is 1. The highest BCUT2D eigenvalue weighted by Gasteiger charge is 1.99. The van der Waals surface area contributed by atoms with E-state index in [4.69, 9.17) is 0 Å². The van der Waals surface area contributed by atoms with E-state index >= 15 is 0 Å². The molecular weight excluding hydrogens is 283 g/mol. The molecular formula is C8H5IN2S. The summed E-state index contributed by atoms with van der Waals surface area (Å²) >= 11 is 3.80. The van der Waals surface area contributed by atoms with Crippen LogP contribution in [0.1, 0.15) is 0 Å². The molecule has 2 nitrogen and oxygen atoms in total. The van der Waals surface area contributed by atoms with E-state index < -0.39 is 0 Å². The van der Waals surface area contributed by atoms with Crippen molar-refractivity contribution in [3.8, 4) is 10.6 Å². The Morgan fingerprint density at radius 1 is 1.33 bits per heavy atom. The molecule has 0 radical (unpaired) electrons. The first-order valence-electron chi connectivity index (χ1n) is 3.39. The smallest absolute Gasteiger partial charge is 0.191 e. The van der Waals surface area contributed by atoms with Crippen LogP contribution in [0, 0.1) is 3.83 Å². The van der Waals surface area contributed by atoms with Crippen LogP contribution in [0.5, 0.6) is 0 Å². The van der Waals surface area contributed by atoms with Crippen molar-refractivity contribution in [1.82, 2.24) is 9.97 Å². The van der Waals surface area contributed by atoms with Gasteiger partial charge < -0.3 is 0 Å². The van der Waals surface area contributed by atoms with Gasteiger partial charge in [0.15, 0.2) is 3.83 Å². The number of rotatable bonds is 1. The van der Waals surface area contributed by atoms with E-state index in [1.54, 1.807) is 17.5 Å². The van der Waals surface area contributed by atoms with E-state index in [-0.39, 0.29) is 0 Å². The number of halogens is 1. The molecule has 2 aromatic rings. The van der Waals surface area contributed by atoms with Gasteiger partial charge in [-0.05, 0) is 17.5 Å². The Hall–Kier alpha value is -0.490. The molecule has 0 N–H and O–H groups in total. The molecule has 0 aromatic carbocycles. The molecule has 12 heavy (non-hydrogen) atoms. The second-order valence-electron chi connectivity index (χ2n) is 2.19. The highest BCUT2D eigenvalue weighted by Crippen LogP contribution is 2.21. The first kappa shape index (κ1) is 8.12. The fourth-order valence-electron chi connectivity index (χ4n) is 0.896. The summed E-state index contributed by atoms with van der Waals surface area (Å²) in [6, 6.07) is 6.01. The van der Waals surface area contributed by atoms with Crippen LogP contribution in [-0.2, 0) is 0 Å². The van der Waals surface area contributed by atoms with Gasteiger partial charge in [-0.15, -0.1) is 11.3 Å². The SMILES string of the molecule is Ic1nccc(-c2cccs2)n1. The summed E-state index contributed by atoms with van der Waals surface area (Å²) in [6.45, 7) is 0. The molecule has 0 amide bonds. The summed E-state index contributed by atoms with van der Waals surface area (Å²) in [7, 11) is 0. The fourth-order valence-corrected chi connectivity index (χ4v) is 2.01. The van der Waals surface area contributed by atoms with Gasteiger partial charge in [-0.1, -0.05) is 6.07 Å². The van der Waals surface area contributed by atoms with Gasteiger partial charge in [-0.2, -0.15) is 0 Å². The Balaban J connectivity index is 2.48. The summed E-state index contributed by atoms with van der Waals surface area (Å²) < 4.78 is 0.790. The molecule has 2 rings (SSSR count). The summed E-state index contributed by atoms with van der Waals surface area (Å²) in [5, 5.41) is 2.05. The van der Waals surface area contributed by atoms with Crippen molar-refractivity contribution in [3.63, 3.8) is 0 Å². The Morgan fingerprint density at radius 2 is 2.25 bits per heavy atom. The number of nitrogens with zero attached hydrogens (tertiary/aromatic N) is 2. The predicted octanol–water partition coefficient (Wildman–Crippen LogP) is 2.81. The first-order chi connectivity index (χ1) is 5.86. The number of aromatic nitrogens is 2. The highest BCUT2D eigenvalue weighted by atomic mass is 127. The lowest BCUT2D eigenvalue weighted by Crippen LogP contribution is -1.86. The van der Waals surface area contributed by atoms with Gasteiger partial charge in [0.1, 0.15) is 0 Å². The van der Waals surface area contributed by atoms with Crippen LogP contribution in [0.25, 0.3) is 10.6 Å². The number of hydrogen-bond acceptors (Lipinski definition) is 3. The number of hydrogen-bond donors (Lipinski definition) is 0. The van der Waals surface area contributed by atoms with Gasteiger partial charge in [-0.25, -0.2) is 9.97 Å². The van der Waals surface area contributed by atoms with Gasteiger partial charge >= 0.3 is 0 Å². The zero-order valence-electron chi connectivity index (χ0n) is 6.07. The normalized spacial score (nSPS) is 10.1. The fraction of sp³-hybridized carbons (Fsp3) is 0. The molecule has 60 valence electrons. The van der Waals surface area contributed by atoms with E-state index in [2.05, 4.69) is 38.6 Å². The molecule has 4 heteroatoms. The summed E-state index contributed by atoms with van der Waals surface area (Å²) in [5.74, 6) is 0. The lowest BCUT2D eigenvalue weighted by atomic mass is 10.3. The zero-order chi connectivity index (χ0) is 8.39. The van der Waals surface area contributed by atoms with Gasteiger partial charge in [-0.3, -0.25) is 0 Å². The van der Waals surface area contributed by atoms with Crippen molar-refractivity contribution >= 4 is 33.9 Å². The van der Waals surface area contributed by atoms with Crippen molar-refractivity contribution in [2.75, 3.05) is 0 Å². The quantitative estimate of drug-likeness (QED) is 0.595. The summed E-state index contributed by atoms with van der Waals surface area (Å²) in [6.07, 6.45) is 1.78. The maximum absolute atomic E-state index is 4.30. The first-order valence-corrected chi connectivity index (χ1v) is 5.34. The average Bonchev–Trinajstić information content (AvgIpc) is 2.56. The van der Waals surface area contributed by atoms with Crippen LogP contribution in [-0.4, -0.2) is 9.97 Å². The van der Waals surface area contributed by atoms with Crippen molar-refractivity contribution in [1.29, 1.82) is 0 Å². The minimum atomic E-state index is 0.790. The minimum Gasteiger partial charge on any atom is -0.232 e. The molecule has 0 spiro atoms. The maximum atomic E-state index is 4.30. The summed E-state index contributed by atoms with van der Waals surface area (Å²) in [5.41, 5.74) is 1.00. The van der Waals surface area contributed by atoms with Crippen molar-refractivity contribution in [2.45, 2.75) is 0 Å². The molecule has 0 bridgehead atoms. The standard InChI is InChI=1S/C8H5IN2S/c9-8-10-4-3-6(11-8)7-2-1-5-12-7/h1-5H. The van der Waals surface area contributed by atoms with Crippen molar-refractivity contribution in [2.24, 2.45) is 0 Å². The molecule has 2 heterocycles. The third-order valence-electron chi connectivity index (χ3n) is 1.40. The molecule has 2 aromatic heterocycles. The van der Waals surface area contributed by atoms with Crippen LogP contribution in [0.3, 0.4) is 0 Å². The third kappa shape index (κ3) is 1.64. The van der Waals surface area contributed by atoms with Crippen LogP contribution >= 0.6 is 33.9 Å². The molecule has 0 atom stereocenters. The van der Waals surface area contributed by atoms with E-state index in [0.717, 1.165) is 9.53 Å². The largest absolute Gasteiger partial charge is 0.232 e. The summed E-state index contributed by atoms with van der Waals surface area (Å²) in [4.78, 5) is 9.52. The minimum absolute atomic E-state index is 0.790. The second kappa shape index (κ2) is 3.49. The third-order valence-corrected chi connectivity index (χ3v) is 2.81. The molecule has 0 aliphatic rings. The van der Waals surface area contributed by atoms with E-state index in [1.165, 1.54) is 4.88 Å². The van der Waals surface area contributed by atoms with Crippen LogP contribution < -0.4 is 0 Å². The van der Waals surface area contributed by atoms with Crippen molar-refractivity contribution in [3.05, 3.63) is 33.6 Å². The molecule has 0 aliphatic carbocycles. The molecule has 0 aliphatic heterocycles. The van der Waals surface area contributed by atoms with Gasteiger partial charge in [0.05, 0.1) is 10.6 Å². The molecule has 0 unspecified atom stereocenters. The molecule has 0 saturated carbocycles. The van der Waals surface area contributed by atoms with Crippen LogP contribution in [0.2, 0.25) is 0 Å². The lowest BCUT2D eigenvalue weighted by Gasteiger charge is -1.94. The zero-order valence-corrected chi connectivity index (χ0v) is 9.04. The van der Waals surface area contributed by atoms with Crippen LogP contribution in [0.15, 0.2) is 29.8 Å². The van der Waals surface area contributed by atoms with Crippen LogP contribution in [0.4, 0.5) is 0 Å². The topological polar surface area (TPSA) is 25.8 Å². The van der Waals surface area contributed by atoms with E-state index in [1.807, 2.05) is 17.5 Å². The highest BCUT2D eigenvalue weighted by molar-refractivity contribution is 14.1.